The number of aliphatic hydroxyl groups excluding tert-OH is 1. The smallest absolute Gasteiger partial charge is 0.119 e. The maximum Gasteiger partial charge on any atom is 0.119 e. The minimum Gasteiger partial charge on any atom is -0.491 e. The first-order valence-corrected chi connectivity index (χ1v) is 6.83. The molecule has 0 aliphatic heterocycles. The van der Waals surface area contributed by atoms with Gasteiger partial charge < -0.3 is 19.6 Å². The van der Waals surface area contributed by atoms with E-state index in [1.165, 1.54) is 0 Å². The van der Waals surface area contributed by atoms with Gasteiger partial charge in [0.15, 0.2) is 0 Å². The average molecular weight is 326 g/mol. The Labute approximate surface area is 120 Å². The van der Waals surface area contributed by atoms with Gasteiger partial charge in [-0.25, -0.2) is 0 Å². The monoisotopic (exact) mass is 325 g/mol. The highest BCUT2D eigenvalue weighted by Crippen LogP contribution is 2.16. The van der Waals surface area contributed by atoms with E-state index < -0.39 is 6.10 Å². The summed E-state index contributed by atoms with van der Waals surface area (Å²) in [6, 6.07) is 11.2. The third-order valence-electron chi connectivity index (χ3n) is 2.52. The van der Waals surface area contributed by atoms with Gasteiger partial charge in [-0.15, -0.1) is 0 Å². The fraction of sp³-hybridized carbons (Fsp3) is 0.286. The molecule has 0 amide bonds. The first-order valence-electron chi connectivity index (χ1n) is 6.03. The van der Waals surface area contributed by atoms with Gasteiger partial charge in [0.05, 0.1) is 12.8 Å². The van der Waals surface area contributed by atoms with Crippen LogP contribution in [-0.2, 0) is 6.54 Å². The van der Waals surface area contributed by atoms with Crippen LogP contribution >= 0.6 is 15.9 Å². The fourth-order valence-electron chi connectivity index (χ4n) is 1.56. The molecule has 102 valence electrons. The van der Waals surface area contributed by atoms with Crippen LogP contribution in [0.2, 0.25) is 0 Å². The van der Waals surface area contributed by atoms with Crippen LogP contribution in [0, 0.1) is 0 Å². The van der Waals surface area contributed by atoms with Crippen LogP contribution in [0.3, 0.4) is 0 Å². The molecule has 1 aromatic heterocycles. The van der Waals surface area contributed by atoms with E-state index >= 15 is 0 Å². The molecule has 0 aliphatic carbocycles. The number of halogens is 1. The van der Waals surface area contributed by atoms with E-state index in [0.29, 0.717) is 13.1 Å². The van der Waals surface area contributed by atoms with Crippen LogP contribution in [0.5, 0.6) is 5.75 Å². The summed E-state index contributed by atoms with van der Waals surface area (Å²) < 4.78 is 11.7. The van der Waals surface area contributed by atoms with Crippen LogP contribution in [0.1, 0.15) is 5.76 Å². The van der Waals surface area contributed by atoms with Crippen LogP contribution < -0.4 is 10.1 Å². The van der Waals surface area contributed by atoms with Crippen molar-refractivity contribution in [3.8, 4) is 5.75 Å². The second-order valence-electron chi connectivity index (χ2n) is 4.13. The van der Waals surface area contributed by atoms with Gasteiger partial charge in [-0.3, -0.25) is 0 Å². The van der Waals surface area contributed by atoms with Gasteiger partial charge in [0.2, 0.25) is 0 Å². The molecule has 0 radical (unpaired) electrons. The Morgan fingerprint density at radius 3 is 2.74 bits per heavy atom. The number of rotatable bonds is 7. The molecule has 2 rings (SSSR count). The van der Waals surface area contributed by atoms with Crippen LogP contribution in [0.15, 0.2) is 51.6 Å². The van der Waals surface area contributed by atoms with Gasteiger partial charge in [0.25, 0.3) is 0 Å². The summed E-state index contributed by atoms with van der Waals surface area (Å²) in [6.45, 7) is 1.31. The molecular formula is C14H16BrNO3. The van der Waals surface area contributed by atoms with E-state index in [9.17, 15) is 5.11 Å². The lowest BCUT2D eigenvalue weighted by atomic mass is 10.3. The number of nitrogens with one attached hydrogen (secondary N) is 1. The highest BCUT2D eigenvalue weighted by Gasteiger charge is 2.05. The molecule has 2 N–H and O–H groups in total. The zero-order valence-corrected chi connectivity index (χ0v) is 12.0. The van der Waals surface area contributed by atoms with Gasteiger partial charge >= 0.3 is 0 Å². The van der Waals surface area contributed by atoms with Crippen molar-refractivity contribution in [1.82, 2.24) is 5.32 Å². The number of ether oxygens (including phenoxy) is 1. The molecule has 0 fully saturated rings. The molecule has 1 atom stereocenters. The Hall–Kier alpha value is -1.30. The van der Waals surface area contributed by atoms with Crippen LogP contribution in [0.25, 0.3) is 0 Å². The molecule has 1 aromatic carbocycles. The molecule has 0 aliphatic rings. The van der Waals surface area contributed by atoms with Crippen molar-refractivity contribution in [3.63, 3.8) is 0 Å². The molecule has 0 bridgehead atoms. The lowest BCUT2D eigenvalue weighted by molar-refractivity contribution is 0.105. The zero-order valence-electron chi connectivity index (χ0n) is 10.4. The van der Waals surface area contributed by atoms with Gasteiger partial charge in [0.1, 0.15) is 24.2 Å². The van der Waals surface area contributed by atoms with Crippen molar-refractivity contribution in [2.24, 2.45) is 0 Å². The lowest BCUT2D eigenvalue weighted by Crippen LogP contribution is -2.31. The molecule has 2 aromatic rings. The first kappa shape index (κ1) is 14.1. The fourth-order valence-corrected chi connectivity index (χ4v) is 1.82. The van der Waals surface area contributed by atoms with Crippen molar-refractivity contribution in [2.45, 2.75) is 12.6 Å². The highest BCUT2D eigenvalue weighted by molar-refractivity contribution is 9.10. The molecule has 0 spiro atoms. The third-order valence-corrected chi connectivity index (χ3v) is 3.04. The highest BCUT2D eigenvalue weighted by atomic mass is 79.9. The largest absolute Gasteiger partial charge is 0.491 e. The number of hydrogen-bond donors (Lipinski definition) is 2. The van der Waals surface area contributed by atoms with E-state index in [1.807, 2.05) is 36.4 Å². The summed E-state index contributed by atoms with van der Waals surface area (Å²) in [5.41, 5.74) is 0. The number of aliphatic hydroxyl groups is 1. The van der Waals surface area contributed by atoms with Crippen molar-refractivity contribution >= 4 is 15.9 Å². The van der Waals surface area contributed by atoms with Crippen molar-refractivity contribution in [1.29, 1.82) is 0 Å². The molecule has 0 saturated heterocycles. The van der Waals surface area contributed by atoms with E-state index in [0.717, 1.165) is 16.0 Å². The number of benzene rings is 1. The lowest BCUT2D eigenvalue weighted by Gasteiger charge is -2.12. The van der Waals surface area contributed by atoms with Gasteiger partial charge in [-0.05, 0) is 36.4 Å². The van der Waals surface area contributed by atoms with E-state index in [4.69, 9.17) is 9.15 Å². The predicted octanol–water partition coefficient (Wildman–Crippen LogP) is 2.57. The van der Waals surface area contributed by atoms with Crippen LogP contribution in [0.4, 0.5) is 0 Å². The molecule has 1 heterocycles. The quantitative estimate of drug-likeness (QED) is 0.821. The summed E-state index contributed by atoms with van der Waals surface area (Å²) >= 11 is 3.35. The third kappa shape index (κ3) is 5.06. The van der Waals surface area contributed by atoms with Crippen LogP contribution in [-0.4, -0.2) is 24.4 Å². The molecule has 0 saturated carbocycles. The summed E-state index contributed by atoms with van der Waals surface area (Å²) in [6.07, 6.45) is 1.07. The Morgan fingerprint density at radius 2 is 2.05 bits per heavy atom. The predicted molar refractivity (Wildman–Crippen MR) is 76.1 cm³/mol. The van der Waals surface area contributed by atoms with Gasteiger partial charge in [0, 0.05) is 11.0 Å². The minimum atomic E-state index is -0.557. The number of hydrogen-bond acceptors (Lipinski definition) is 4. The molecule has 4 nitrogen and oxygen atoms in total. The summed E-state index contributed by atoms with van der Waals surface area (Å²) in [7, 11) is 0. The van der Waals surface area contributed by atoms with Gasteiger partial charge in [-0.1, -0.05) is 15.9 Å². The molecular weight excluding hydrogens is 310 g/mol. The Bertz CT molecular complexity index is 470. The van der Waals surface area contributed by atoms with Gasteiger partial charge in [-0.2, -0.15) is 0 Å². The van der Waals surface area contributed by atoms with Crippen molar-refractivity contribution in [3.05, 3.63) is 52.9 Å². The second kappa shape index (κ2) is 7.33. The van der Waals surface area contributed by atoms with Crippen molar-refractivity contribution in [2.75, 3.05) is 13.2 Å². The standard InChI is InChI=1S/C14H16BrNO3/c15-11-3-5-13(6-4-11)19-10-12(17)8-16-9-14-2-1-7-18-14/h1-7,12,16-17H,8-10H2. The second-order valence-corrected chi connectivity index (χ2v) is 5.04. The zero-order chi connectivity index (χ0) is 13.5. The summed E-state index contributed by atoms with van der Waals surface area (Å²) in [5.74, 6) is 1.59. The molecule has 19 heavy (non-hydrogen) atoms. The molecule has 5 heteroatoms. The summed E-state index contributed by atoms with van der Waals surface area (Å²) in [4.78, 5) is 0. The Kier molecular flexibility index (Phi) is 5.44. The maximum atomic E-state index is 9.77. The Morgan fingerprint density at radius 1 is 1.26 bits per heavy atom. The summed E-state index contributed by atoms with van der Waals surface area (Å²) in [5, 5.41) is 12.9. The maximum absolute atomic E-state index is 9.77. The minimum absolute atomic E-state index is 0.257. The van der Waals surface area contributed by atoms with Crippen molar-refractivity contribution < 1.29 is 14.3 Å². The van der Waals surface area contributed by atoms with E-state index in [1.54, 1.807) is 6.26 Å². The normalized spacial score (nSPS) is 12.3. The average Bonchev–Trinajstić information content (AvgIpc) is 2.91. The SMILES string of the molecule is OC(CNCc1ccco1)COc1ccc(Br)cc1. The first-order chi connectivity index (χ1) is 9.24. The molecule has 1 unspecified atom stereocenters. The van der Waals surface area contributed by atoms with E-state index in [-0.39, 0.29) is 6.61 Å². The topological polar surface area (TPSA) is 54.6 Å². The van der Waals surface area contributed by atoms with E-state index in [2.05, 4.69) is 21.2 Å². The number of furan rings is 1. The Balaban J connectivity index is 1.64.